The molecule has 2 saturated heterocycles. The summed E-state index contributed by atoms with van der Waals surface area (Å²) in [7, 11) is 1.56. The minimum absolute atomic E-state index is 0.0684. The largest absolute Gasteiger partial charge is 0.384 e. The van der Waals surface area contributed by atoms with Crippen LogP contribution in [0, 0.1) is 0 Å². The lowest BCUT2D eigenvalue weighted by molar-refractivity contribution is -0.139. The summed E-state index contributed by atoms with van der Waals surface area (Å²) in [6.45, 7) is 1.76. The Morgan fingerprint density at radius 3 is 3.17 bits per heavy atom. The summed E-state index contributed by atoms with van der Waals surface area (Å²) in [6, 6.07) is 4.27. The highest BCUT2D eigenvalue weighted by molar-refractivity contribution is 5.78. The van der Waals surface area contributed by atoms with Gasteiger partial charge >= 0.3 is 0 Å². The SMILES string of the molecule is COCC(=O)N1CCCCC1C1NNCC1c1ccnc(N)c1. The summed E-state index contributed by atoms with van der Waals surface area (Å²) < 4.78 is 5.04. The Balaban J connectivity index is 1.81. The summed E-state index contributed by atoms with van der Waals surface area (Å²) in [5.41, 5.74) is 13.6. The summed E-state index contributed by atoms with van der Waals surface area (Å²) in [4.78, 5) is 18.4. The molecule has 7 nitrogen and oxygen atoms in total. The zero-order valence-electron chi connectivity index (χ0n) is 13.5. The Morgan fingerprint density at radius 2 is 2.39 bits per heavy atom. The Morgan fingerprint density at radius 1 is 1.52 bits per heavy atom. The molecule has 3 rings (SSSR count). The van der Waals surface area contributed by atoms with Gasteiger partial charge in [0.05, 0.1) is 0 Å². The second kappa shape index (κ2) is 7.25. The zero-order chi connectivity index (χ0) is 16.2. The monoisotopic (exact) mass is 319 g/mol. The van der Waals surface area contributed by atoms with Crippen LogP contribution in [-0.4, -0.2) is 54.7 Å². The van der Waals surface area contributed by atoms with Crippen LogP contribution in [0.2, 0.25) is 0 Å². The first-order chi connectivity index (χ1) is 11.2. The van der Waals surface area contributed by atoms with Crippen molar-refractivity contribution in [2.75, 3.05) is 32.5 Å². The maximum atomic E-state index is 12.4. The Labute approximate surface area is 136 Å². The number of amides is 1. The van der Waals surface area contributed by atoms with Crippen LogP contribution >= 0.6 is 0 Å². The second-order valence-electron chi connectivity index (χ2n) is 6.25. The Hall–Kier alpha value is -1.70. The molecule has 2 aliphatic rings. The number of aromatic nitrogens is 1. The molecule has 3 heterocycles. The second-order valence-corrected chi connectivity index (χ2v) is 6.25. The van der Waals surface area contributed by atoms with Crippen LogP contribution in [0.25, 0.3) is 0 Å². The lowest BCUT2D eigenvalue weighted by atomic mass is 9.84. The van der Waals surface area contributed by atoms with Crippen molar-refractivity contribution in [2.24, 2.45) is 0 Å². The van der Waals surface area contributed by atoms with Crippen LogP contribution in [0.3, 0.4) is 0 Å². The number of hydrogen-bond acceptors (Lipinski definition) is 6. The van der Waals surface area contributed by atoms with E-state index in [0.717, 1.165) is 37.9 Å². The standard InChI is InChI=1S/C16H25N5O2/c1-23-10-15(22)21-7-3-2-4-13(21)16-12(9-19-20-16)11-5-6-18-14(17)8-11/h5-6,8,12-13,16,19-20H,2-4,7,9-10H2,1H3,(H2,17,18). The van der Waals surface area contributed by atoms with Crippen LogP contribution in [0.1, 0.15) is 30.7 Å². The predicted octanol–water partition coefficient (Wildman–Crippen LogP) is 0.251. The van der Waals surface area contributed by atoms with Crippen LogP contribution in [0.5, 0.6) is 0 Å². The molecule has 0 aliphatic carbocycles. The molecular formula is C16H25N5O2. The number of nitrogens with two attached hydrogens (primary N) is 1. The van der Waals surface area contributed by atoms with E-state index >= 15 is 0 Å². The van der Waals surface area contributed by atoms with E-state index in [9.17, 15) is 4.79 Å². The zero-order valence-corrected chi connectivity index (χ0v) is 13.5. The van der Waals surface area contributed by atoms with Crippen molar-refractivity contribution in [1.29, 1.82) is 0 Å². The number of methoxy groups -OCH3 is 1. The Bertz CT molecular complexity index is 553. The number of hydrazine groups is 1. The van der Waals surface area contributed by atoms with Gasteiger partial charge in [-0.3, -0.25) is 15.6 Å². The number of carbonyl (C=O) groups is 1. The van der Waals surface area contributed by atoms with E-state index in [0.29, 0.717) is 5.82 Å². The number of hydrogen-bond donors (Lipinski definition) is 3. The van der Waals surface area contributed by atoms with Crippen molar-refractivity contribution in [3.8, 4) is 0 Å². The molecule has 1 aromatic heterocycles. The van der Waals surface area contributed by atoms with Gasteiger partial charge in [-0.05, 0) is 37.0 Å². The van der Waals surface area contributed by atoms with Gasteiger partial charge in [-0.2, -0.15) is 0 Å². The highest BCUT2D eigenvalue weighted by Crippen LogP contribution is 2.31. The average molecular weight is 319 g/mol. The van der Waals surface area contributed by atoms with Crippen molar-refractivity contribution in [1.82, 2.24) is 20.7 Å². The summed E-state index contributed by atoms with van der Waals surface area (Å²) in [5, 5.41) is 0. The number of rotatable bonds is 4. The van der Waals surface area contributed by atoms with Gasteiger partial charge in [0, 0.05) is 44.4 Å². The van der Waals surface area contributed by atoms with Gasteiger partial charge in [0.1, 0.15) is 12.4 Å². The van der Waals surface area contributed by atoms with E-state index in [4.69, 9.17) is 10.5 Å². The first kappa shape index (κ1) is 16.2. The van der Waals surface area contributed by atoms with Gasteiger partial charge in [0.15, 0.2) is 0 Å². The number of nitrogens with zero attached hydrogens (tertiary/aromatic N) is 2. The third-order valence-electron chi connectivity index (χ3n) is 4.81. The van der Waals surface area contributed by atoms with E-state index in [-0.39, 0.29) is 30.5 Å². The summed E-state index contributed by atoms with van der Waals surface area (Å²) >= 11 is 0. The number of likely N-dealkylation sites (tertiary alicyclic amines) is 1. The summed E-state index contributed by atoms with van der Waals surface area (Å²) in [6.07, 6.45) is 4.95. The molecule has 0 aromatic carbocycles. The van der Waals surface area contributed by atoms with Crippen LogP contribution in [-0.2, 0) is 9.53 Å². The fraction of sp³-hybridized carbons (Fsp3) is 0.625. The van der Waals surface area contributed by atoms with Gasteiger partial charge in [-0.15, -0.1) is 0 Å². The molecule has 0 saturated carbocycles. The maximum Gasteiger partial charge on any atom is 0.248 e. The smallest absolute Gasteiger partial charge is 0.248 e. The highest BCUT2D eigenvalue weighted by Gasteiger charge is 2.40. The van der Waals surface area contributed by atoms with Gasteiger partial charge in [0.25, 0.3) is 0 Å². The van der Waals surface area contributed by atoms with E-state index in [1.54, 1.807) is 13.3 Å². The van der Waals surface area contributed by atoms with E-state index in [2.05, 4.69) is 15.8 Å². The third-order valence-corrected chi connectivity index (χ3v) is 4.81. The first-order valence-corrected chi connectivity index (χ1v) is 8.19. The molecule has 2 aliphatic heterocycles. The van der Waals surface area contributed by atoms with E-state index in [1.165, 1.54) is 0 Å². The molecule has 23 heavy (non-hydrogen) atoms. The number of pyridine rings is 1. The van der Waals surface area contributed by atoms with Crippen LogP contribution in [0.4, 0.5) is 5.82 Å². The van der Waals surface area contributed by atoms with Crippen molar-refractivity contribution >= 4 is 11.7 Å². The lowest BCUT2D eigenvalue weighted by Crippen LogP contribution is -2.55. The van der Waals surface area contributed by atoms with Gasteiger partial charge in [0.2, 0.25) is 5.91 Å². The molecule has 126 valence electrons. The number of nitrogens with one attached hydrogen (secondary N) is 2. The van der Waals surface area contributed by atoms with E-state index < -0.39 is 0 Å². The van der Waals surface area contributed by atoms with Gasteiger partial charge in [-0.1, -0.05) is 0 Å². The average Bonchev–Trinajstić information content (AvgIpc) is 3.04. The topological polar surface area (TPSA) is 92.5 Å². The highest BCUT2D eigenvalue weighted by atomic mass is 16.5. The van der Waals surface area contributed by atoms with Crippen molar-refractivity contribution < 1.29 is 9.53 Å². The molecular weight excluding hydrogens is 294 g/mol. The molecule has 0 spiro atoms. The molecule has 3 atom stereocenters. The molecule has 0 bridgehead atoms. The van der Waals surface area contributed by atoms with Crippen molar-refractivity contribution in [3.05, 3.63) is 23.9 Å². The number of nitrogen functional groups attached to an aromatic ring is 1. The lowest BCUT2D eigenvalue weighted by Gasteiger charge is -2.40. The van der Waals surface area contributed by atoms with Crippen molar-refractivity contribution in [2.45, 2.75) is 37.3 Å². The molecule has 2 fully saturated rings. The third kappa shape index (κ3) is 3.46. The molecule has 1 aromatic rings. The van der Waals surface area contributed by atoms with Gasteiger partial charge in [-0.25, -0.2) is 4.98 Å². The maximum absolute atomic E-state index is 12.4. The van der Waals surface area contributed by atoms with Crippen LogP contribution < -0.4 is 16.6 Å². The molecule has 4 N–H and O–H groups in total. The van der Waals surface area contributed by atoms with Gasteiger partial charge < -0.3 is 15.4 Å². The number of piperidine rings is 1. The summed E-state index contributed by atoms with van der Waals surface area (Å²) in [5.74, 6) is 0.865. The number of carbonyl (C=O) groups excluding carboxylic acids is 1. The fourth-order valence-electron chi connectivity index (χ4n) is 3.75. The Kier molecular flexibility index (Phi) is 5.09. The fourth-order valence-corrected chi connectivity index (χ4v) is 3.75. The van der Waals surface area contributed by atoms with Crippen LogP contribution in [0.15, 0.2) is 18.3 Å². The minimum atomic E-state index is 0.0684. The molecule has 7 heteroatoms. The molecule has 3 unspecified atom stereocenters. The molecule has 0 radical (unpaired) electrons. The predicted molar refractivity (Wildman–Crippen MR) is 87.5 cm³/mol. The molecule has 1 amide bonds. The minimum Gasteiger partial charge on any atom is -0.384 e. The normalized spacial score (nSPS) is 28.0. The number of ether oxygens (including phenoxy) is 1. The van der Waals surface area contributed by atoms with E-state index in [1.807, 2.05) is 17.0 Å². The first-order valence-electron chi connectivity index (χ1n) is 8.19. The van der Waals surface area contributed by atoms with Crippen molar-refractivity contribution in [3.63, 3.8) is 0 Å². The quantitative estimate of drug-likeness (QED) is 0.737. The number of anilines is 1.